The van der Waals surface area contributed by atoms with Crippen molar-refractivity contribution in [3.63, 3.8) is 0 Å². The summed E-state index contributed by atoms with van der Waals surface area (Å²) >= 11 is 3.13. The molecule has 20 heavy (non-hydrogen) atoms. The van der Waals surface area contributed by atoms with Crippen LogP contribution in [-0.2, 0) is 7.05 Å². The molecule has 0 N–H and O–H groups in total. The molecule has 0 amide bonds. The monoisotopic (exact) mass is 307 g/mol. The maximum Gasteiger partial charge on any atom is 0.257 e. The average Bonchev–Trinajstić information content (AvgIpc) is 3.14. The van der Waals surface area contributed by atoms with E-state index in [-0.39, 0.29) is 5.25 Å². The lowest BCUT2D eigenvalue weighted by Crippen LogP contribution is -1.96. The van der Waals surface area contributed by atoms with Gasteiger partial charge in [-0.15, -0.1) is 31.7 Å². The van der Waals surface area contributed by atoms with Crippen molar-refractivity contribution in [2.24, 2.45) is 7.05 Å². The molecule has 0 aliphatic heterocycles. The predicted octanol–water partition coefficient (Wildman–Crippen LogP) is 3.09. The zero-order chi connectivity index (χ0) is 14.1. The third kappa shape index (κ3) is 2.48. The summed E-state index contributed by atoms with van der Waals surface area (Å²) < 4.78 is 7.66. The lowest BCUT2D eigenvalue weighted by Gasteiger charge is -2.05. The van der Waals surface area contributed by atoms with E-state index in [9.17, 15) is 0 Å². The molecule has 3 heterocycles. The Balaban J connectivity index is 1.78. The van der Waals surface area contributed by atoms with Gasteiger partial charge in [-0.1, -0.05) is 17.8 Å². The summed E-state index contributed by atoms with van der Waals surface area (Å²) in [7, 11) is 1.94. The van der Waals surface area contributed by atoms with Gasteiger partial charge in [0.2, 0.25) is 5.89 Å². The first-order valence-corrected chi connectivity index (χ1v) is 7.81. The van der Waals surface area contributed by atoms with E-state index in [1.54, 1.807) is 23.1 Å². The fourth-order valence-corrected chi connectivity index (χ4v) is 3.13. The first-order chi connectivity index (χ1) is 9.65. The summed E-state index contributed by atoms with van der Waals surface area (Å²) in [6.07, 6.45) is 0. The molecule has 0 spiro atoms. The van der Waals surface area contributed by atoms with E-state index in [0.717, 1.165) is 15.9 Å². The second-order valence-electron chi connectivity index (χ2n) is 4.27. The van der Waals surface area contributed by atoms with Crippen molar-refractivity contribution in [1.29, 1.82) is 0 Å². The Morgan fingerprint density at radius 3 is 2.80 bits per heavy atom. The molecule has 0 aromatic carbocycles. The minimum absolute atomic E-state index is 0.0264. The van der Waals surface area contributed by atoms with Gasteiger partial charge in [0, 0.05) is 7.05 Å². The van der Waals surface area contributed by atoms with Crippen LogP contribution in [0.1, 0.15) is 23.9 Å². The highest BCUT2D eigenvalue weighted by Gasteiger charge is 2.19. The topological polar surface area (TPSA) is 69.6 Å². The molecule has 1 atom stereocenters. The molecule has 8 heteroatoms. The fraction of sp³-hybridized carbons (Fsp3) is 0.333. The highest BCUT2D eigenvalue weighted by atomic mass is 32.2. The number of nitrogens with zero attached hydrogens (tertiary/aromatic N) is 5. The van der Waals surface area contributed by atoms with Crippen molar-refractivity contribution in [3.05, 3.63) is 29.2 Å². The highest BCUT2D eigenvalue weighted by molar-refractivity contribution is 7.99. The molecule has 0 aliphatic carbocycles. The predicted molar refractivity (Wildman–Crippen MR) is 77.6 cm³/mol. The summed E-state index contributed by atoms with van der Waals surface area (Å²) in [5, 5.41) is 19.2. The van der Waals surface area contributed by atoms with Gasteiger partial charge in [-0.3, -0.25) is 0 Å². The van der Waals surface area contributed by atoms with Crippen LogP contribution in [0.5, 0.6) is 0 Å². The van der Waals surface area contributed by atoms with E-state index in [2.05, 4.69) is 20.4 Å². The van der Waals surface area contributed by atoms with E-state index < -0.39 is 0 Å². The van der Waals surface area contributed by atoms with Crippen molar-refractivity contribution in [2.75, 3.05) is 0 Å². The van der Waals surface area contributed by atoms with Crippen molar-refractivity contribution in [1.82, 2.24) is 25.0 Å². The average molecular weight is 307 g/mol. The van der Waals surface area contributed by atoms with Crippen molar-refractivity contribution in [2.45, 2.75) is 24.3 Å². The molecule has 104 valence electrons. The first-order valence-electron chi connectivity index (χ1n) is 6.05. The van der Waals surface area contributed by atoms with Gasteiger partial charge in [-0.05, 0) is 25.3 Å². The molecular weight excluding hydrogens is 294 g/mol. The Bertz CT molecular complexity index is 703. The second kappa shape index (κ2) is 5.37. The van der Waals surface area contributed by atoms with Crippen LogP contribution in [0.15, 0.2) is 27.1 Å². The van der Waals surface area contributed by atoms with Crippen LogP contribution >= 0.6 is 23.1 Å². The van der Waals surface area contributed by atoms with Crippen LogP contribution in [0.4, 0.5) is 0 Å². The Morgan fingerprint density at radius 2 is 2.15 bits per heavy atom. The molecule has 0 radical (unpaired) electrons. The summed E-state index contributed by atoms with van der Waals surface area (Å²) in [5.41, 5.74) is 0. The molecule has 3 rings (SSSR count). The number of thioether (sulfide) groups is 1. The van der Waals surface area contributed by atoms with Crippen molar-refractivity contribution in [3.8, 4) is 10.8 Å². The van der Waals surface area contributed by atoms with Crippen LogP contribution in [-0.4, -0.2) is 25.0 Å². The Morgan fingerprint density at radius 1 is 1.30 bits per heavy atom. The van der Waals surface area contributed by atoms with Gasteiger partial charge in [0.1, 0.15) is 5.82 Å². The quantitative estimate of drug-likeness (QED) is 0.690. The zero-order valence-corrected chi connectivity index (χ0v) is 12.9. The van der Waals surface area contributed by atoms with E-state index >= 15 is 0 Å². The molecular formula is C12H13N5OS2. The summed E-state index contributed by atoms with van der Waals surface area (Å²) in [4.78, 5) is 0.982. The Labute approximate surface area is 124 Å². The summed E-state index contributed by atoms with van der Waals surface area (Å²) in [6.45, 7) is 3.93. The van der Waals surface area contributed by atoms with Crippen LogP contribution in [0.2, 0.25) is 0 Å². The zero-order valence-electron chi connectivity index (χ0n) is 11.3. The van der Waals surface area contributed by atoms with Gasteiger partial charge >= 0.3 is 0 Å². The second-order valence-corrected chi connectivity index (χ2v) is 6.53. The van der Waals surface area contributed by atoms with Crippen LogP contribution in [0.25, 0.3) is 10.8 Å². The van der Waals surface area contributed by atoms with Gasteiger partial charge in [-0.25, -0.2) is 0 Å². The molecule has 0 saturated carbocycles. The number of aryl methyl sites for hydroxylation is 1. The summed E-state index contributed by atoms with van der Waals surface area (Å²) in [5.74, 6) is 2.04. The van der Waals surface area contributed by atoms with Gasteiger partial charge in [0.25, 0.3) is 5.89 Å². The Hall–Kier alpha value is -1.67. The molecule has 0 unspecified atom stereocenters. The van der Waals surface area contributed by atoms with Gasteiger partial charge < -0.3 is 8.98 Å². The van der Waals surface area contributed by atoms with Crippen LogP contribution < -0.4 is 0 Å². The van der Waals surface area contributed by atoms with E-state index in [0.29, 0.717) is 11.8 Å². The third-order valence-electron chi connectivity index (χ3n) is 2.86. The lowest BCUT2D eigenvalue weighted by molar-refractivity contribution is 0.509. The summed E-state index contributed by atoms with van der Waals surface area (Å²) in [6, 6.07) is 3.93. The minimum atomic E-state index is 0.0264. The van der Waals surface area contributed by atoms with Gasteiger partial charge in [-0.2, -0.15) is 0 Å². The number of hydrogen-bond acceptors (Lipinski definition) is 7. The number of hydrogen-bond donors (Lipinski definition) is 0. The van der Waals surface area contributed by atoms with Gasteiger partial charge in [0.15, 0.2) is 5.16 Å². The molecule has 6 nitrogen and oxygen atoms in total. The van der Waals surface area contributed by atoms with Gasteiger partial charge in [0.05, 0.1) is 10.1 Å². The van der Waals surface area contributed by atoms with E-state index in [1.165, 1.54) is 0 Å². The van der Waals surface area contributed by atoms with E-state index in [4.69, 9.17) is 4.42 Å². The molecule has 3 aromatic heterocycles. The standard InChI is InChI=1S/C12H13N5OS2/c1-7(20-12-16-13-8(2)17(12)3)10-14-15-11(18-10)9-5-4-6-19-9/h4-7H,1-3H3/t7-/m0/s1. The Kier molecular flexibility index (Phi) is 3.58. The van der Waals surface area contributed by atoms with Crippen molar-refractivity contribution >= 4 is 23.1 Å². The third-order valence-corrected chi connectivity index (χ3v) is 4.83. The van der Waals surface area contributed by atoms with E-state index in [1.807, 2.05) is 43.0 Å². The highest BCUT2D eigenvalue weighted by Crippen LogP contribution is 2.34. The van der Waals surface area contributed by atoms with Crippen LogP contribution in [0, 0.1) is 6.92 Å². The normalized spacial score (nSPS) is 12.8. The number of rotatable bonds is 4. The molecule has 0 fully saturated rings. The maximum atomic E-state index is 5.72. The maximum absolute atomic E-state index is 5.72. The lowest BCUT2D eigenvalue weighted by atomic mass is 10.5. The number of thiophene rings is 1. The molecule has 0 bridgehead atoms. The fourth-order valence-electron chi connectivity index (χ4n) is 1.60. The number of aromatic nitrogens is 5. The van der Waals surface area contributed by atoms with Crippen molar-refractivity contribution < 1.29 is 4.42 Å². The molecule has 3 aromatic rings. The largest absolute Gasteiger partial charge is 0.419 e. The smallest absolute Gasteiger partial charge is 0.257 e. The molecule has 0 aliphatic rings. The first kappa shape index (κ1) is 13.3. The minimum Gasteiger partial charge on any atom is -0.419 e. The molecule has 0 saturated heterocycles. The van der Waals surface area contributed by atoms with Crippen LogP contribution in [0.3, 0.4) is 0 Å². The SMILES string of the molecule is Cc1nnc(S[C@@H](C)c2nnc(-c3cccs3)o2)n1C.